The zero-order valence-corrected chi connectivity index (χ0v) is 20.9. The maximum Gasteiger partial charge on any atom is 0.257 e. The fourth-order valence-electron chi connectivity index (χ4n) is 4.16. The highest BCUT2D eigenvalue weighted by Crippen LogP contribution is 2.39. The van der Waals surface area contributed by atoms with Gasteiger partial charge >= 0.3 is 0 Å². The zero-order chi connectivity index (χ0) is 26.2. The van der Waals surface area contributed by atoms with E-state index in [4.69, 9.17) is 19.9 Å². The van der Waals surface area contributed by atoms with Crippen molar-refractivity contribution < 1.29 is 19.0 Å². The summed E-state index contributed by atoms with van der Waals surface area (Å²) in [7, 11) is 0. The van der Waals surface area contributed by atoms with Crippen LogP contribution in [-0.4, -0.2) is 39.6 Å². The first-order valence-electron chi connectivity index (χ1n) is 12.6. The minimum atomic E-state index is -1.46. The molecule has 1 aliphatic rings. The van der Waals surface area contributed by atoms with Crippen LogP contribution in [0.25, 0.3) is 6.08 Å². The number of nitrogens with one attached hydrogen (secondary N) is 1. The van der Waals surface area contributed by atoms with Gasteiger partial charge in [-0.05, 0) is 72.4 Å². The van der Waals surface area contributed by atoms with Crippen molar-refractivity contribution in [2.45, 2.75) is 31.4 Å². The van der Waals surface area contributed by atoms with E-state index >= 15 is 0 Å². The molecular weight excluding hydrogens is 482 g/mol. The molecule has 0 saturated carbocycles. The van der Waals surface area contributed by atoms with E-state index in [0.717, 1.165) is 37.0 Å². The van der Waals surface area contributed by atoms with E-state index in [0.29, 0.717) is 17.9 Å². The fraction of sp³-hybridized carbons (Fsp3) is 0.241. The number of benzene rings is 3. The van der Waals surface area contributed by atoms with Crippen molar-refractivity contribution in [3.63, 3.8) is 0 Å². The minimum absolute atomic E-state index is 0.0187. The largest absolute Gasteiger partial charge is 0.494 e. The van der Waals surface area contributed by atoms with Gasteiger partial charge in [0.05, 0.1) is 12.2 Å². The SMILES string of the molecule is NC1(c2nn[nH]n2)COc2cccc(C(=O)C=Cc3ccc(OCCCCCc4ccccc4)cc3)c2O1. The predicted molar refractivity (Wildman–Crippen MR) is 142 cm³/mol. The molecule has 1 aliphatic heterocycles. The van der Waals surface area contributed by atoms with Gasteiger partial charge in [0.15, 0.2) is 17.3 Å². The van der Waals surface area contributed by atoms with Gasteiger partial charge in [0.1, 0.15) is 12.4 Å². The van der Waals surface area contributed by atoms with E-state index < -0.39 is 5.72 Å². The fourth-order valence-corrected chi connectivity index (χ4v) is 4.16. The molecule has 9 nitrogen and oxygen atoms in total. The van der Waals surface area contributed by atoms with Crippen molar-refractivity contribution in [1.82, 2.24) is 20.6 Å². The van der Waals surface area contributed by atoms with Gasteiger partial charge in [0.25, 0.3) is 5.72 Å². The number of aryl methyl sites for hydroxylation is 1. The maximum atomic E-state index is 13.0. The van der Waals surface area contributed by atoms with Gasteiger partial charge < -0.3 is 14.2 Å². The summed E-state index contributed by atoms with van der Waals surface area (Å²) in [6.07, 6.45) is 7.60. The number of fused-ring (bicyclic) bond motifs is 1. The van der Waals surface area contributed by atoms with Crippen molar-refractivity contribution in [1.29, 1.82) is 0 Å². The van der Waals surface area contributed by atoms with E-state index in [1.165, 1.54) is 11.6 Å². The number of aromatic amines is 1. The Morgan fingerprint density at radius 1 is 1.03 bits per heavy atom. The average molecular weight is 512 g/mol. The molecule has 0 saturated heterocycles. The summed E-state index contributed by atoms with van der Waals surface area (Å²) in [5.41, 5.74) is 7.41. The normalized spacial score (nSPS) is 16.4. The molecule has 0 amide bonds. The summed E-state index contributed by atoms with van der Waals surface area (Å²) in [6.45, 7) is 0.658. The Kier molecular flexibility index (Phi) is 7.75. The van der Waals surface area contributed by atoms with Crippen LogP contribution in [0.2, 0.25) is 0 Å². The number of ether oxygens (including phenoxy) is 3. The lowest BCUT2D eigenvalue weighted by Crippen LogP contribution is -2.51. The van der Waals surface area contributed by atoms with Crippen molar-refractivity contribution in [3.8, 4) is 17.2 Å². The summed E-state index contributed by atoms with van der Waals surface area (Å²) in [6, 6.07) is 23.3. The maximum absolute atomic E-state index is 13.0. The number of allylic oxidation sites excluding steroid dienone is 1. The van der Waals surface area contributed by atoms with E-state index in [1.54, 1.807) is 24.3 Å². The van der Waals surface area contributed by atoms with Gasteiger partial charge in [0, 0.05) is 0 Å². The molecule has 0 radical (unpaired) electrons. The number of H-pyrrole nitrogens is 1. The van der Waals surface area contributed by atoms with E-state index in [2.05, 4.69) is 44.9 Å². The van der Waals surface area contributed by atoms with Crippen LogP contribution >= 0.6 is 0 Å². The third-order valence-corrected chi connectivity index (χ3v) is 6.22. The highest BCUT2D eigenvalue weighted by Gasteiger charge is 2.41. The Labute approximate surface area is 220 Å². The summed E-state index contributed by atoms with van der Waals surface area (Å²) in [4.78, 5) is 13.0. The Balaban J connectivity index is 1.13. The quantitative estimate of drug-likeness (QED) is 0.172. The van der Waals surface area contributed by atoms with Gasteiger partial charge in [-0.1, -0.05) is 54.6 Å². The highest BCUT2D eigenvalue weighted by molar-refractivity contribution is 6.09. The molecule has 3 aromatic carbocycles. The second-order valence-corrected chi connectivity index (χ2v) is 9.06. The Bertz CT molecular complexity index is 1370. The number of carbonyl (C=O) groups excluding carboxylic acids is 1. The summed E-state index contributed by atoms with van der Waals surface area (Å²) in [5, 5.41) is 13.7. The molecule has 4 aromatic rings. The second-order valence-electron chi connectivity index (χ2n) is 9.06. The number of nitrogens with zero attached hydrogens (tertiary/aromatic N) is 3. The molecule has 1 atom stereocenters. The molecule has 0 bridgehead atoms. The molecule has 0 aliphatic carbocycles. The van der Waals surface area contributed by atoms with Crippen LogP contribution in [0, 0.1) is 0 Å². The number of ketones is 1. The number of carbonyl (C=O) groups is 1. The molecule has 1 aromatic heterocycles. The van der Waals surface area contributed by atoms with Gasteiger partial charge in [-0.25, -0.2) is 0 Å². The van der Waals surface area contributed by atoms with E-state index in [9.17, 15) is 4.79 Å². The van der Waals surface area contributed by atoms with Crippen molar-refractivity contribution in [2.75, 3.05) is 13.2 Å². The standard InChI is InChI=1S/C29H29N5O4/c30-29(28-31-33-34-32-28)20-37-26-12-7-11-24(27(26)38-29)25(35)18-15-22-13-16-23(17-14-22)36-19-6-2-5-10-21-8-3-1-4-9-21/h1,3-4,7-9,11-18H,2,5-6,10,19-20,30H2,(H,31,32,33,34). The topological polar surface area (TPSA) is 125 Å². The van der Waals surface area contributed by atoms with Gasteiger partial charge in [-0.3, -0.25) is 10.5 Å². The first-order valence-corrected chi connectivity index (χ1v) is 12.6. The second kappa shape index (κ2) is 11.7. The molecule has 2 heterocycles. The van der Waals surface area contributed by atoms with Crippen LogP contribution < -0.4 is 19.9 Å². The average Bonchev–Trinajstić information content (AvgIpc) is 3.51. The lowest BCUT2D eigenvalue weighted by Gasteiger charge is -2.33. The van der Waals surface area contributed by atoms with Crippen molar-refractivity contribution in [2.24, 2.45) is 5.73 Å². The summed E-state index contributed by atoms with van der Waals surface area (Å²) >= 11 is 0. The number of nitrogens with two attached hydrogens (primary N) is 1. The molecule has 3 N–H and O–H groups in total. The number of aromatic nitrogens is 4. The molecule has 1 unspecified atom stereocenters. The first kappa shape index (κ1) is 25.2. The smallest absolute Gasteiger partial charge is 0.257 e. The lowest BCUT2D eigenvalue weighted by molar-refractivity contribution is -0.0154. The van der Waals surface area contributed by atoms with Gasteiger partial charge in [0.2, 0.25) is 5.82 Å². The first-order chi connectivity index (χ1) is 18.6. The van der Waals surface area contributed by atoms with Crippen LogP contribution in [0.4, 0.5) is 0 Å². The van der Waals surface area contributed by atoms with Crippen LogP contribution in [0.1, 0.15) is 46.6 Å². The Hall–Kier alpha value is -4.50. The lowest BCUT2D eigenvalue weighted by atomic mass is 10.1. The highest BCUT2D eigenvalue weighted by atomic mass is 16.6. The predicted octanol–water partition coefficient (Wildman–Crippen LogP) is 4.47. The summed E-state index contributed by atoms with van der Waals surface area (Å²) in [5.74, 6) is 1.36. The molecule has 5 rings (SSSR count). The molecule has 0 fully saturated rings. The molecule has 9 heteroatoms. The minimum Gasteiger partial charge on any atom is -0.494 e. The van der Waals surface area contributed by atoms with Crippen LogP contribution in [0.15, 0.2) is 78.9 Å². The molecular formula is C29H29N5O4. The molecule has 0 spiro atoms. The van der Waals surface area contributed by atoms with Crippen LogP contribution in [0.5, 0.6) is 17.2 Å². The number of unbranched alkanes of at least 4 members (excludes halogenated alkanes) is 2. The van der Waals surface area contributed by atoms with Gasteiger partial charge in [-0.2, -0.15) is 5.21 Å². The number of hydrogen-bond acceptors (Lipinski definition) is 8. The summed E-state index contributed by atoms with van der Waals surface area (Å²) < 4.78 is 17.6. The molecule has 194 valence electrons. The van der Waals surface area contributed by atoms with Gasteiger partial charge in [-0.15, -0.1) is 10.2 Å². The van der Waals surface area contributed by atoms with E-state index in [-0.39, 0.29) is 24.0 Å². The zero-order valence-electron chi connectivity index (χ0n) is 20.9. The van der Waals surface area contributed by atoms with Crippen LogP contribution in [0.3, 0.4) is 0 Å². The third-order valence-electron chi connectivity index (χ3n) is 6.22. The Morgan fingerprint density at radius 3 is 2.66 bits per heavy atom. The Morgan fingerprint density at radius 2 is 1.87 bits per heavy atom. The van der Waals surface area contributed by atoms with Crippen LogP contribution in [-0.2, 0) is 12.1 Å². The number of para-hydroxylation sites is 1. The number of tetrazole rings is 1. The molecule has 38 heavy (non-hydrogen) atoms. The van der Waals surface area contributed by atoms with Crippen molar-refractivity contribution >= 4 is 11.9 Å². The van der Waals surface area contributed by atoms with Crippen molar-refractivity contribution in [3.05, 3.63) is 101 Å². The monoisotopic (exact) mass is 511 g/mol. The number of rotatable bonds is 11. The van der Waals surface area contributed by atoms with E-state index in [1.807, 2.05) is 30.3 Å². The third kappa shape index (κ3) is 6.07. The number of hydrogen-bond donors (Lipinski definition) is 2.